The van der Waals surface area contributed by atoms with Crippen LogP contribution in [0.1, 0.15) is 27.4 Å². The molecule has 0 bridgehead atoms. The summed E-state index contributed by atoms with van der Waals surface area (Å²) in [5.74, 6) is 0.623. The van der Waals surface area contributed by atoms with E-state index in [2.05, 4.69) is 21.1 Å². The molecule has 1 aliphatic heterocycles. The first-order chi connectivity index (χ1) is 10.6. The zero-order valence-electron chi connectivity index (χ0n) is 13.0. The van der Waals surface area contributed by atoms with Crippen LogP contribution in [0.3, 0.4) is 0 Å². The standard InChI is InChI=1S/C16H20N4O2/c1-12-15(13(2)22-18-12)16(21)20-8-6-19(7-9-20)11-14-4-3-5-17-10-14/h3-5,10H,6-9,11H2,1-2H3. The summed E-state index contributed by atoms with van der Waals surface area (Å²) in [4.78, 5) is 20.9. The molecule has 0 N–H and O–H groups in total. The number of carbonyl (C=O) groups is 1. The normalized spacial score (nSPS) is 16.0. The predicted molar refractivity (Wildman–Crippen MR) is 81.4 cm³/mol. The van der Waals surface area contributed by atoms with E-state index < -0.39 is 0 Å². The first-order valence-corrected chi connectivity index (χ1v) is 7.48. The SMILES string of the molecule is Cc1noc(C)c1C(=O)N1CCN(Cc2cccnc2)CC1. The third kappa shape index (κ3) is 3.01. The zero-order valence-corrected chi connectivity index (χ0v) is 13.0. The van der Waals surface area contributed by atoms with Gasteiger partial charge < -0.3 is 9.42 Å². The topological polar surface area (TPSA) is 62.5 Å². The molecule has 1 fully saturated rings. The third-order valence-corrected chi connectivity index (χ3v) is 4.04. The van der Waals surface area contributed by atoms with Gasteiger partial charge in [-0.3, -0.25) is 14.7 Å². The fourth-order valence-corrected chi connectivity index (χ4v) is 2.81. The number of aryl methyl sites for hydroxylation is 2. The van der Waals surface area contributed by atoms with Crippen molar-refractivity contribution in [1.82, 2.24) is 19.9 Å². The Morgan fingerprint density at radius 1 is 1.27 bits per heavy atom. The molecule has 6 heteroatoms. The van der Waals surface area contributed by atoms with Crippen molar-refractivity contribution in [1.29, 1.82) is 0 Å². The van der Waals surface area contributed by atoms with Gasteiger partial charge in [0.25, 0.3) is 5.91 Å². The Balaban J connectivity index is 1.59. The van der Waals surface area contributed by atoms with Crippen LogP contribution in [-0.4, -0.2) is 52.0 Å². The third-order valence-electron chi connectivity index (χ3n) is 4.04. The summed E-state index contributed by atoms with van der Waals surface area (Å²) in [6.45, 7) is 7.65. The number of pyridine rings is 1. The molecule has 3 heterocycles. The Hall–Kier alpha value is -2.21. The predicted octanol–water partition coefficient (Wildman–Crippen LogP) is 1.64. The van der Waals surface area contributed by atoms with Gasteiger partial charge in [0, 0.05) is 45.1 Å². The quantitative estimate of drug-likeness (QED) is 0.862. The molecule has 1 amide bonds. The minimum absolute atomic E-state index is 0.0253. The smallest absolute Gasteiger partial charge is 0.259 e. The molecule has 1 saturated heterocycles. The summed E-state index contributed by atoms with van der Waals surface area (Å²) in [5.41, 5.74) is 2.48. The average molecular weight is 300 g/mol. The van der Waals surface area contributed by atoms with Gasteiger partial charge in [0.15, 0.2) is 0 Å². The molecule has 0 spiro atoms. The van der Waals surface area contributed by atoms with Crippen LogP contribution in [-0.2, 0) is 6.54 Å². The fraction of sp³-hybridized carbons (Fsp3) is 0.438. The number of piperazine rings is 1. The lowest BCUT2D eigenvalue weighted by Crippen LogP contribution is -2.48. The van der Waals surface area contributed by atoms with Crippen LogP contribution in [0.2, 0.25) is 0 Å². The van der Waals surface area contributed by atoms with Gasteiger partial charge in [-0.1, -0.05) is 11.2 Å². The van der Waals surface area contributed by atoms with Gasteiger partial charge in [0.2, 0.25) is 0 Å². The van der Waals surface area contributed by atoms with Crippen molar-refractivity contribution in [3.63, 3.8) is 0 Å². The van der Waals surface area contributed by atoms with Crippen molar-refractivity contribution in [2.24, 2.45) is 0 Å². The highest BCUT2D eigenvalue weighted by atomic mass is 16.5. The largest absolute Gasteiger partial charge is 0.361 e. The summed E-state index contributed by atoms with van der Waals surface area (Å²) in [6.07, 6.45) is 3.67. The Morgan fingerprint density at radius 3 is 2.64 bits per heavy atom. The Labute approximate surface area is 129 Å². The number of nitrogens with zero attached hydrogens (tertiary/aromatic N) is 4. The lowest BCUT2D eigenvalue weighted by Gasteiger charge is -2.34. The molecular weight excluding hydrogens is 280 g/mol. The van der Waals surface area contributed by atoms with Crippen LogP contribution in [0, 0.1) is 13.8 Å². The molecule has 2 aromatic rings. The highest BCUT2D eigenvalue weighted by Crippen LogP contribution is 2.17. The van der Waals surface area contributed by atoms with Crippen molar-refractivity contribution >= 4 is 5.91 Å². The number of hydrogen-bond donors (Lipinski definition) is 0. The lowest BCUT2D eigenvalue weighted by atomic mass is 10.1. The minimum atomic E-state index is 0.0253. The van der Waals surface area contributed by atoms with Crippen LogP contribution in [0.5, 0.6) is 0 Å². The van der Waals surface area contributed by atoms with Gasteiger partial charge in [-0.2, -0.15) is 0 Å². The Bertz CT molecular complexity index is 626. The monoisotopic (exact) mass is 300 g/mol. The summed E-state index contributed by atoms with van der Waals surface area (Å²) < 4.78 is 5.09. The van der Waals surface area contributed by atoms with Crippen molar-refractivity contribution in [2.45, 2.75) is 20.4 Å². The molecule has 0 unspecified atom stereocenters. The number of hydrogen-bond acceptors (Lipinski definition) is 5. The summed E-state index contributed by atoms with van der Waals surface area (Å²) >= 11 is 0. The highest BCUT2D eigenvalue weighted by molar-refractivity contribution is 5.96. The molecule has 22 heavy (non-hydrogen) atoms. The van der Waals surface area contributed by atoms with Crippen LogP contribution in [0.4, 0.5) is 0 Å². The molecule has 0 saturated carbocycles. The molecule has 0 aliphatic carbocycles. The second-order valence-corrected chi connectivity index (χ2v) is 5.63. The Kier molecular flexibility index (Phi) is 4.20. The summed E-state index contributed by atoms with van der Waals surface area (Å²) in [7, 11) is 0. The van der Waals surface area contributed by atoms with Crippen molar-refractivity contribution in [2.75, 3.05) is 26.2 Å². The second kappa shape index (κ2) is 6.27. The van der Waals surface area contributed by atoms with E-state index in [1.807, 2.05) is 24.1 Å². The van der Waals surface area contributed by atoms with Gasteiger partial charge >= 0.3 is 0 Å². The van der Waals surface area contributed by atoms with Crippen LogP contribution < -0.4 is 0 Å². The van der Waals surface area contributed by atoms with Crippen molar-refractivity contribution in [3.05, 3.63) is 47.1 Å². The van der Waals surface area contributed by atoms with E-state index in [1.165, 1.54) is 5.56 Å². The summed E-state index contributed by atoms with van der Waals surface area (Å²) in [6, 6.07) is 4.03. The van der Waals surface area contributed by atoms with Crippen molar-refractivity contribution in [3.8, 4) is 0 Å². The summed E-state index contributed by atoms with van der Waals surface area (Å²) in [5, 5.41) is 3.86. The van der Waals surface area contributed by atoms with E-state index in [4.69, 9.17) is 4.52 Å². The van der Waals surface area contributed by atoms with E-state index in [-0.39, 0.29) is 5.91 Å². The van der Waals surface area contributed by atoms with Gasteiger partial charge in [-0.05, 0) is 25.5 Å². The highest BCUT2D eigenvalue weighted by Gasteiger charge is 2.26. The first kappa shape index (κ1) is 14.7. The van der Waals surface area contributed by atoms with E-state index in [0.717, 1.165) is 32.7 Å². The maximum Gasteiger partial charge on any atom is 0.259 e. The lowest BCUT2D eigenvalue weighted by molar-refractivity contribution is 0.0626. The number of rotatable bonds is 3. The van der Waals surface area contributed by atoms with Crippen molar-refractivity contribution < 1.29 is 9.32 Å². The molecule has 0 aromatic carbocycles. The van der Waals surface area contributed by atoms with Crippen LogP contribution in [0.25, 0.3) is 0 Å². The second-order valence-electron chi connectivity index (χ2n) is 5.63. The van der Waals surface area contributed by atoms with Crippen LogP contribution in [0.15, 0.2) is 29.0 Å². The molecule has 3 rings (SSSR count). The van der Waals surface area contributed by atoms with E-state index in [9.17, 15) is 4.79 Å². The minimum Gasteiger partial charge on any atom is -0.361 e. The van der Waals surface area contributed by atoms with Gasteiger partial charge in [0.05, 0.1) is 5.69 Å². The first-order valence-electron chi connectivity index (χ1n) is 7.48. The molecule has 116 valence electrons. The number of carbonyl (C=O) groups excluding carboxylic acids is 1. The van der Waals surface area contributed by atoms with E-state index in [1.54, 1.807) is 13.1 Å². The maximum absolute atomic E-state index is 12.6. The molecule has 0 atom stereocenters. The Morgan fingerprint density at radius 2 is 2.05 bits per heavy atom. The fourth-order valence-electron chi connectivity index (χ4n) is 2.81. The molecular formula is C16H20N4O2. The van der Waals surface area contributed by atoms with Crippen LogP contribution >= 0.6 is 0 Å². The molecule has 0 radical (unpaired) electrons. The van der Waals surface area contributed by atoms with Gasteiger partial charge in [-0.25, -0.2) is 0 Å². The molecule has 2 aromatic heterocycles. The van der Waals surface area contributed by atoms with E-state index >= 15 is 0 Å². The molecule has 6 nitrogen and oxygen atoms in total. The van der Waals surface area contributed by atoms with Gasteiger partial charge in [-0.15, -0.1) is 0 Å². The number of amides is 1. The van der Waals surface area contributed by atoms with Gasteiger partial charge in [0.1, 0.15) is 11.3 Å². The average Bonchev–Trinajstić information content (AvgIpc) is 2.87. The zero-order chi connectivity index (χ0) is 15.5. The number of aromatic nitrogens is 2. The van der Waals surface area contributed by atoms with E-state index in [0.29, 0.717) is 17.0 Å². The molecule has 1 aliphatic rings. The maximum atomic E-state index is 12.6.